The highest BCUT2D eigenvalue weighted by Crippen LogP contribution is 2.15. The smallest absolute Gasteiger partial charge is 0.302 e. The van der Waals surface area contributed by atoms with Gasteiger partial charge in [0.2, 0.25) is 0 Å². The van der Waals surface area contributed by atoms with E-state index in [0.717, 1.165) is 0 Å². The van der Waals surface area contributed by atoms with Crippen LogP contribution in [0.25, 0.3) is 0 Å². The van der Waals surface area contributed by atoms with E-state index >= 15 is 0 Å². The summed E-state index contributed by atoms with van der Waals surface area (Å²) in [6, 6.07) is 0. The van der Waals surface area contributed by atoms with Crippen molar-refractivity contribution in [2.24, 2.45) is 5.92 Å². The van der Waals surface area contributed by atoms with Crippen LogP contribution in [0, 0.1) is 5.92 Å². The topological polar surface area (TPSA) is 113 Å². The van der Waals surface area contributed by atoms with Gasteiger partial charge in [-0.25, -0.2) is 0 Å². The monoisotopic (exact) mass is 372 g/mol. The Morgan fingerprint density at radius 1 is 0.769 bits per heavy atom. The van der Waals surface area contributed by atoms with Gasteiger partial charge in [-0.3, -0.25) is 14.4 Å². The molecule has 0 rings (SSSR count). The number of esters is 2. The molecule has 26 heavy (non-hydrogen) atoms. The van der Waals surface area contributed by atoms with Crippen LogP contribution in [0.1, 0.15) is 53.4 Å². The van der Waals surface area contributed by atoms with Gasteiger partial charge in [-0.1, -0.05) is 0 Å². The van der Waals surface area contributed by atoms with Gasteiger partial charge in [-0.15, -0.1) is 0 Å². The number of carbonyl (C=O) groups is 5. The summed E-state index contributed by atoms with van der Waals surface area (Å²) in [5, 5.41) is 0. The highest BCUT2D eigenvalue weighted by molar-refractivity contribution is 5.90. The standard InChI is InChI=1S/C18H28O8/c1-12(19)8-16(9-13(2)20)18(23)6-5-7-24-17(10-25-14(3)21)11-26-15(4)22/h16-17H,5-11H2,1-4H3. The summed E-state index contributed by atoms with van der Waals surface area (Å²) in [4.78, 5) is 56.4. The molecular formula is C18H28O8. The summed E-state index contributed by atoms with van der Waals surface area (Å²) in [5.74, 6) is -1.98. The molecule has 0 aromatic carbocycles. The Kier molecular flexibility index (Phi) is 12.1. The SMILES string of the molecule is CC(=O)CC(CC(C)=O)C(=O)CCCOC(COC(C)=O)COC(C)=O. The molecule has 0 heterocycles. The second-order valence-electron chi connectivity index (χ2n) is 6.18. The minimum atomic E-state index is -0.622. The second kappa shape index (κ2) is 13.2. The van der Waals surface area contributed by atoms with Crippen molar-refractivity contribution in [1.82, 2.24) is 0 Å². The predicted molar refractivity (Wildman–Crippen MR) is 91.3 cm³/mol. The normalized spacial score (nSPS) is 10.7. The predicted octanol–water partition coefficient (Wildman–Crippen LogP) is 1.42. The van der Waals surface area contributed by atoms with Crippen LogP contribution in [-0.2, 0) is 38.2 Å². The van der Waals surface area contributed by atoms with E-state index in [1.165, 1.54) is 27.7 Å². The molecule has 0 amide bonds. The van der Waals surface area contributed by atoms with E-state index in [2.05, 4.69) is 0 Å². The fraction of sp³-hybridized carbons (Fsp3) is 0.722. The molecule has 0 bridgehead atoms. The van der Waals surface area contributed by atoms with Crippen LogP contribution in [-0.4, -0.2) is 55.2 Å². The lowest BCUT2D eigenvalue weighted by atomic mass is 9.90. The molecule has 0 N–H and O–H groups in total. The maximum Gasteiger partial charge on any atom is 0.302 e. The van der Waals surface area contributed by atoms with E-state index in [1.807, 2.05) is 0 Å². The number of carbonyl (C=O) groups excluding carboxylic acids is 5. The maximum absolute atomic E-state index is 12.2. The molecule has 0 unspecified atom stereocenters. The lowest BCUT2D eigenvalue weighted by Crippen LogP contribution is -2.28. The van der Waals surface area contributed by atoms with Gasteiger partial charge < -0.3 is 23.8 Å². The Bertz CT molecular complexity index is 477. The lowest BCUT2D eigenvalue weighted by Gasteiger charge is -2.18. The van der Waals surface area contributed by atoms with E-state index in [-0.39, 0.29) is 56.4 Å². The zero-order valence-corrected chi connectivity index (χ0v) is 15.9. The summed E-state index contributed by atoms with van der Waals surface area (Å²) in [6.07, 6.45) is 0.0331. The summed E-state index contributed by atoms with van der Waals surface area (Å²) in [6.45, 7) is 5.35. The summed E-state index contributed by atoms with van der Waals surface area (Å²) < 4.78 is 15.2. The Morgan fingerprint density at radius 3 is 1.62 bits per heavy atom. The number of Topliss-reactive ketones (excluding diaryl/α,β-unsaturated/α-hetero) is 3. The van der Waals surface area contributed by atoms with E-state index < -0.39 is 24.0 Å². The fourth-order valence-electron chi connectivity index (χ4n) is 2.26. The van der Waals surface area contributed by atoms with Crippen LogP contribution < -0.4 is 0 Å². The number of hydrogen-bond acceptors (Lipinski definition) is 8. The molecule has 0 radical (unpaired) electrons. The Hall–Kier alpha value is -2.09. The average molecular weight is 372 g/mol. The quantitative estimate of drug-likeness (QED) is 0.332. The summed E-state index contributed by atoms with van der Waals surface area (Å²) >= 11 is 0. The number of ketones is 3. The van der Waals surface area contributed by atoms with Gasteiger partial charge in [0.25, 0.3) is 0 Å². The van der Waals surface area contributed by atoms with Crippen molar-refractivity contribution in [3.63, 3.8) is 0 Å². The number of rotatable bonds is 14. The van der Waals surface area contributed by atoms with Gasteiger partial charge in [0.05, 0.1) is 0 Å². The van der Waals surface area contributed by atoms with E-state index in [9.17, 15) is 24.0 Å². The van der Waals surface area contributed by atoms with E-state index in [0.29, 0.717) is 6.42 Å². The van der Waals surface area contributed by atoms with E-state index in [4.69, 9.17) is 14.2 Å². The molecular weight excluding hydrogens is 344 g/mol. The molecule has 0 spiro atoms. The molecule has 0 atom stereocenters. The first-order chi connectivity index (χ1) is 12.1. The summed E-state index contributed by atoms with van der Waals surface area (Å²) in [7, 11) is 0. The zero-order valence-electron chi connectivity index (χ0n) is 15.9. The van der Waals surface area contributed by atoms with Crippen molar-refractivity contribution < 1.29 is 38.2 Å². The first-order valence-electron chi connectivity index (χ1n) is 8.51. The average Bonchev–Trinajstić information content (AvgIpc) is 2.51. The van der Waals surface area contributed by atoms with Crippen molar-refractivity contribution in [3.8, 4) is 0 Å². The van der Waals surface area contributed by atoms with E-state index in [1.54, 1.807) is 0 Å². The third-order valence-electron chi connectivity index (χ3n) is 3.39. The first-order valence-corrected chi connectivity index (χ1v) is 8.51. The number of ether oxygens (including phenoxy) is 3. The molecule has 0 fully saturated rings. The molecule has 0 aromatic heterocycles. The maximum atomic E-state index is 12.2. The van der Waals surface area contributed by atoms with Crippen LogP contribution in [0.15, 0.2) is 0 Å². The fourth-order valence-corrected chi connectivity index (χ4v) is 2.26. The number of hydrogen-bond donors (Lipinski definition) is 0. The zero-order chi connectivity index (χ0) is 20.1. The van der Waals surface area contributed by atoms with Gasteiger partial charge >= 0.3 is 11.9 Å². The van der Waals surface area contributed by atoms with Gasteiger partial charge in [-0.2, -0.15) is 0 Å². The molecule has 0 saturated carbocycles. The Morgan fingerprint density at radius 2 is 1.23 bits per heavy atom. The molecule has 0 aliphatic rings. The van der Waals surface area contributed by atoms with Crippen LogP contribution >= 0.6 is 0 Å². The van der Waals surface area contributed by atoms with Crippen molar-refractivity contribution in [1.29, 1.82) is 0 Å². The highest BCUT2D eigenvalue weighted by Gasteiger charge is 2.22. The van der Waals surface area contributed by atoms with Crippen LogP contribution in [0.2, 0.25) is 0 Å². The molecule has 8 nitrogen and oxygen atoms in total. The first kappa shape index (κ1) is 23.9. The molecule has 148 valence electrons. The highest BCUT2D eigenvalue weighted by atomic mass is 16.6. The Labute approximate surface area is 153 Å². The van der Waals surface area contributed by atoms with Gasteiger partial charge in [-0.05, 0) is 20.3 Å². The Balaban J connectivity index is 4.37. The second-order valence-corrected chi connectivity index (χ2v) is 6.18. The van der Waals surface area contributed by atoms with Gasteiger partial charge in [0.1, 0.15) is 36.7 Å². The largest absolute Gasteiger partial charge is 0.463 e. The molecule has 0 aliphatic carbocycles. The van der Waals surface area contributed by atoms with Gasteiger partial charge in [0.15, 0.2) is 0 Å². The summed E-state index contributed by atoms with van der Waals surface area (Å²) in [5.41, 5.74) is 0. The van der Waals surface area contributed by atoms with Gasteiger partial charge in [0, 0.05) is 45.6 Å². The minimum Gasteiger partial charge on any atom is -0.463 e. The molecule has 8 heteroatoms. The van der Waals surface area contributed by atoms with Crippen molar-refractivity contribution in [3.05, 3.63) is 0 Å². The van der Waals surface area contributed by atoms with Crippen LogP contribution in [0.3, 0.4) is 0 Å². The van der Waals surface area contributed by atoms with Crippen molar-refractivity contribution in [2.75, 3.05) is 19.8 Å². The molecule has 0 aromatic rings. The van der Waals surface area contributed by atoms with Crippen LogP contribution in [0.4, 0.5) is 0 Å². The van der Waals surface area contributed by atoms with Crippen molar-refractivity contribution in [2.45, 2.75) is 59.5 Å². The third-order valence-corrected chi connectivity index (χ3v) is 3.39. The molecule has 0 saturated heterocycles. The molecule has 0 aliphatic heterocycles. The third kappa shape index (κ3) is 13.2. The minimum absolute atomic E-state index is 0.0563. The van der Waals surface area contributed by atoms with Crippen molar-refractivity contribution >= 4 is 29.3 Å². The lowest BCUT2D eigenvalue weighted by molar-refractivity contribution is -0.152. The van der Waals surface area contributed by atoms with Crippen LogP contribution in [0.5, 0.6) is 0 Å².